The van der Waals surface area contributed by atoms with Gasteiger partial charge in [0.25, 0.3) is 0 Å². The third-order valence-corrected chi connectivity index (χ3v) is 5.72. The first-order valence-electron chi connectivity index (χ1n) is 8.23. The summed E-state index contributed by atoms with van der Waals surface area (Å²) in [5.74, 6) is 0.0561. The largest absolute Gasteiger partial charge is 0.455 e. The fourth-order valence-corrected chi connectivity index (χ4v) is 4.88. The first-order chi connectivity index (χ1) is 10.6. The van der Waals surface area contributed by atoms with E-state index in [1.54, 1.807) is 6.92 Å². The molecule has 0 aromatic carbocycles. The second kappa shape index (κ2) is 5.50. The molecule has 130 valence electrons. The fraction of sp³-hybridized carbons (Fsp3) is 0.824. The number of hydrogen-bond acceptors (Lipinski definition) is 3. The van der Waals surface area contributed by atoms with E-state index in [2.05, 4.69) is 6.58 Å². The molecule has 0 heterocycles. The Morgan fingerprint density at radius 1 is 1.26 bits per heavy atom. The van der Waals surface area contributed by atoms with Crippen LogP contribution in [-0.2, 0) is 14.3 Å². The summed E-state index contributed by atoms with van der Waals surface area (Å²) in [5.41, 5.74) is -1.14. The van der Waals surface area contributed by atoms with Crippen molar-refractivity contribution in [2.24, 2.45) is 11.8 Å². The highest BCUT2D eigenvalue weighted by molar-refractivity contribution is 5.87. The molecule has 0 amide bonds. The number of hydrogen-bond donors (Lipinski definition) is 0. The van der Waals surface area contributed by atoms with Crippen molar-refractivity contribution in [2.75, 3.05) is 6.61 Å². The lowest BCUT2D eigenvalue weighted by Gasteiger charge is -2.60. The molecule has 0 N–H and O–H groups in total. The third-order valence-electron chi connectivity index (χ3n) is 5.72. The van der Waals surface area contributed by atoms with Gasteiger partial charge in [-0.15, -0.1) is 0 Å². The predicted molar refractivity (Wildman–Crippen MR) is 77.7 cm³/mol. The van der Waals surface area contributed by atoms with Gasteiger partial charge in [-0.3, -0.25) is 0 Å². The van der Waals surface area contributed by atoms with E-state index in [4.69, 9.17) is 9.47 Å². The van der Waals surface area contributed by atoms with Crippen LogP contribution >= 0.6 is 0 Å². The third kappa shape index (κ3) is 3.28. The van der Waals surface area contributed by atoms with Crippen LogP contribution in [0.25, 0.3) is 0 Å². The minimum atomic E-state index is -4.33. The highest BCUT2D eigenvalue weighted by Crippen LogP contribution is 2.59. The molecule has 3 aliphatic carbocycles. The molecule has 0 aromatic heterocycles. The van der Waals surface area contributed by atoms with Crippen LogP contribution in [-0.4, -0.2) is 30.0 Å². The number of ether oxygens (including phenoxy) is 2. The Balaban J connectivity index is 1.83. The van der Waals surface area contributed by atoms with E-state index in [0.29, 0.717) is 24.8 Å². The van der Waals surface area contributed by atoms with Crippen LogP contribution in [0.3, 0.4) is 0 Å². The summed E-state index contributed by atoms with van der Waals surface area (Å²) in [4.78, 5) is 12.1. The van der Waals surface area contributed by atoms with Gasteiger partial charge in [-0.05, 0) is 57.3 Å². The molecular weight excluding hydrogens is 309 g/mol. The topological polar surface area (TPSA) is 35.5 Å². The zero-order chi connectivity index (χ0) is 16.9. The zero-order valence-electron chi connectivity index (χ0n) is 13.4. The first-order valence-corrected chi connectivity index (χ1v) is 8.23. The standard InChI is InChI=1S/C17H23F3O3/c1-11(2)14(21)23-16-8-12-3-4-13(16)5-6-15(7-12,9-16)22-10-17(18,19)20/h12-13H,1,3-10H2,2H3. The highest BCUT2D eigenvalue weighted by atomic mass is 19.4. The minimum Gasteiger partial charge on any atom is -0.455 e. The van der Waals surface area contributed by atoms with Crippen LogP contribution in [0, 0.1) is 11.8 Å². The van der Waals surface area contributed by atoms with Crippen molar-refractivity contribution in [3.05, 3.63) is 12.2 Å². The van der Waals surface area contributed by atoms with Gasteiger partial charge in [0.15, 0.2) is 0 Å². The van der Waals surface area contributed by atoms with Gasteiger partial charge in [0, 0.05) is 12.0 Å². The van der Waals surface area contributed by atoms with Crippen molar-refractivity contribution >= 4 is 5.97 Å². The van der Waals surface area contributed by atoms with Crippen molar-refractivity contribution in [3.8, 4) is 0 Å². The lowest BCUT2D eigenvalue weighted by Crippen LogP contribution is -2.62. The maximum atomic E-state index is 12.6. The normalized spacial score (nSPS) is 39.1. The Hall–Kier alpha value is -1.04. The molecule has 3 saturated carbocycles. The molecule has 4 atom stereocenters. The van der Waals surface area contributed by atoms with E-state index >= 15 is 0 Å². The molecule has 0 radical (unpaired) electrons. The molecule has 3 aliphatic rings. The average molecular weight is 332 g/mol. The summed E-state index contributed by atoms with van der Waals surface area (Å²) in [6.07, 6.45) is 0.772. The maximum Gasteiger partial charge on any atom is 0.411 e. The number of alkyl halides is 3. The maximum absolute atomic E-state index is 12.6. The number of carbonyl (C=O) groups is 1. The molecule has 4 unspecified atom stereocenters. The number of carbonyl (C=O) groups excluding carboxylic acids is 1. The van der Waals surface area contributed by atoms with E-state index < -0.39 is 30.0 Å². The Kier molecular flexibility index (Phi) is 4.02. The van der Waals surface area contributed by atoms with E-state index in [1.165, 1.54) is 0 Å². The summed E-state index contributed by atoms with van der Waals surface area (Å²) in [6, 6.07) is 0. The molecule has 0 aromatic rings. The van der Waals surface area contributed by atoms with Gasteiger partial charge in [-0.2, -0.15) is 13.2 Å². The zero-order valence-corrected chi connectivity index (χ0v) is 13.4. The molecule has 3 rings (SSSR count). The second-order valence-corrected chi connectivity index (χ2v) is 7.59. The Labute approximate surface area is 134 Å². The van der Waals surface area contributed by atoms with Gasteiger partial charge < -0.3 is 9.47 Å². The van der Waals surface area contributed by atoms with Gasteiger partial charge in [0.2, 0.25) is 0 Å². The van der Waals surface area contributed by atoms with Gasteiger partial charge in [-0.25, -0.2) is 4.79 Å². The van der Waals surface area contributed by atoms with Crippen molar-refractivity contribution in [1.82, 2.24) is 0 Å². The van der Waals surface area contributed by atoms with Crippen LogP contribution in [0.4, 0.5) is 13.2 Å². The van der Waals surface area contributed by atoms with E-state index in [0.717, 1.165) is 25.7 Å². The number of esters is 1. The molecule has 0 saturated heterocycles. The lowest BCUT2D eigenvalue weighted by atomic mass is 9.53. The van der Waals surface area contributed by atoms with E-state index in [9.17, 15) is 18.0 Å². The Morgan fingerprint density at radius 3 is 2.65 bits per heavy atom. The minimum absolute atomic E-state index is 0.227. The highest BCUT2D eigenvalue weighted by Gasteiger charge is 2.60. The van der Waals surface area contributed by atoms with Crippen LogP contribution < -0.4 is 0 Å². The monoisotopic (exact) mass is 332 g/mol. The summed E-state index contributed by atoms with van der Waals surface area (Å²) in [7, 11) is 0. The van der Waals surface area contributed by atoms with Crippen LogP contribution in [0.2, 0.25) is 0 Å². The van der Waals surface area contributed by atoms with Crippen LogP contribution in [0.5, 0.6) is 0 Å². The number of rotatable bonds is 4. The summed E-state index contributed by atoms with van der Waals surface area (Å²) < 4.78 is 49.0. The smallest absolute Gasteiger partial charge is 0.411 e. The number of fused-ring (bicyclic) bond motifs is 2. The molecular formula is C17H23F3O3. The van der Waals surface area contributed by atoms with Crippen molar-refractivity contribution in [3.63, 3.8) is 0 Å². The quantitative estimate of drug-likeness (QED) is 0.573. The first kappa shape index (κ1) is 16.8. The van der Waals surface area contributed by atoms with Gasteiger partial charge >= 0.3 is 12.1 Å². The second-order valence-electron chi connectivity index (χ2n) is 7.59. The summed E-state index contributed by atoms with van der Waals surface area (Å²) in [5, 5.41) is 0. The van der Waals surface area contributed by atoms with Crippen molar-refractivity contribution in [2.45, 2.75) is 69.2 Å². The number of halogens is 3. The van der Waals surface area contributed by atoms with Gasteiger partial charge in [0.05, 0.1) is 5.60 Å². The summed E-state index contributed by atoms with van der Waals surface area (Å²) in [6.45, 7) is 3.98. The van der Waals surface area contributed by atoms with E-state index in [1.807, 2.05) is 0 Å². The van der Waals surface area contributed by atoms with E-state index in [-0.39, 0.29) is 11.8 Å². The molecule has 3 fully saturated rings. The summed E-state index contributed by atoms with van der Waals surface area (Å²) >= 11 is 0. The van der Waals surface area contributed by atoms with Crippen LogP contribution in [0.1, 0.15) is 51.9 Å². The SMILES string of the molecule is C=C(C)C(=O)OC12CC3CCC1CCC(OCC(F)(F)F)(C3)C2. The molecule has 23 heavy (non-hydrogen) atoms. The van der Waals surface area contributed by atoms with Gasteiger partial charge in [0.1, 0.15) is 12.2 Å². The molecule has 0 aliphatic heterocycles. The molecule has 6 heteroatoms. The molecule has 0 spiro atoms. The Morgan fingerprint density at radius 2 is 2.00 bits per heavy atom. The molecule has 3 bridgehead atoms. The lowest BCUT2D eigenvalue weighted by molar-refractivity contribution is -0.262. The van der Waals surface area contributed by atoms with Gasteiger partial charge in [-0.1, -0.05) is 6.58 Å². The average Bonchev–Trinajstić information content (AvgIpc) is 2.42. The predicted octanol–water partition coefficient (Wildman–Crippen LogP) is 4.17. The van der Waals surface area contributed by atoms with Crippen molar-refractivity contribution < 1.29 is 27.4 Å². The Bertz CT molecular complexity index is 516. The fourth-order valence-electron chi connectivity index (χ4n) is 4.88. The molecule has 3 nitrogen and oxygen atoms in total. The van der Waals surface area contributed by atoms with Crippen LogP contribution in [0.15, 0.2) is 12.2 Å². The van der Waals surface area contributed by atoms with Crippen molar-refractivity contribution in [1.29, 1.82) is 0 Å².